The van der Waals surface area contributed by atoms with E-state index in [1.807, 2.05) is 30.3 Å². The fourth-order valence-corrected chi connectivity index (χ4v) is 1.40. The number of nitrogen functional groups attached to an aromatic ring is 2. The third-order valence-corrected chi connectivity index (χ3v) is 2.20. The molecule has 0 saturated heterocycles. The molecule has 0 spiro atoms. The molecule has 18 heavy (non-hydrogen) atoms. The molecule has 1 aromatic carbocycles. The Hall–Kier alpha value is -2.69. The van der Waals surface area contributed by atoms with Gasteiger partial charge in [0.1, 0.15) is 0 Å². The molecular weight excluding hydrogens is 226 g/mol. The zero-order valence-electron chi connectivity index (χ0n) is 9.69. The summed E-state index contributed by atoms with van der Waals surface area (Å²) in [5.74, 6) is 0.322. The lowest BCUT2D eigenvalue weighted by Crippen LogP contribution is -1.90. The normalized spacial score (nSPS) is 9.56. The highest BCUT2D eigenvalue weighted by atomic mass is 15.0. The van der Waals surface area contributed by atoms with Crippen molar-refractivity contribution in [1.82, 2.24) is 15.0 Å². The maximum absolute atomic E-state index is 5.56. The molecule has 0 aliphatic rings. The molecule has 0 bridgehead atoms. The number of fused-ring (bicyclic) bond motifs is 1. The number of anilines is 2. The van der Waals surface area contributed by atoms with Crippen LogP contribution in [0.15, 0.2) is 55.0 Å². The Morgan fingerprint density at radius 3 is 2.22 bits per heavy atom. The van der Waals surface area contributed by atoms with Crippen molar-refractivity contribution >= 4 is 22.5 Å². The average Bonchev–Trinajstić information content (AvgIpc) is 2.40. The first kappa shape index (κ1) is 11.8. The molecular formula is C13H13N5. The van der Waals surface area contributed by atoms with Crippen LogP contribution < -0.4 is 11.5 Å². The number of pyridine rings is 1. The van der Waals surface area contributed by atoms with E-state index >= 15 is 0 Å². The summed E-state index contributed by atoms with van der Waals surface area (Å²) in [5, 5.41) is 1.09. The molecule has 2 heterocycles. The smallest absolute Gasteiger partial charge is 0.219 e. The first-order valence-corrected chi connectivity index (χ1v) is 5.38. The number of aromatic nitrogens is 3. The largest absolute Gasteiger partial charge is 0.397 e. The molecule has 0 radical (unpaired) electrons. The zero-order chi connectivity index (χ0) is 12.8. The summed E-state index contributed by atoms with van der Waals surface area (Å²) < 4.78 is 0. The highest BCUT2D eigenvalue weighted by Crippen LogP contribution is 2.12. The molecule has 0 fully saturated rings. The third kappa shape index (κ3) is 3.15. The molecule has 5 heteroatoms. The molecule has 0 amide bonds. The van der Waals surface area contributed by atoms with Crippen LogP contribution >= 0.6 is 0 Å². The Morgan fingerprint density at radius 1 is 0.833 bits per heavy atom. The number of nitrogens with two attached hydrogens (primary N) is 2. The van der Waals surface area contributed by atoms with Gasteiger partial charge >= 0.3 is 0 Å². The number of hydrogen-bond donors (Lipinski definition) is 2. The SMILES string of the molecule is Nc1cnc2ccccc2c1.Nc1ncccn1. The third-order valence-electron chi connectivity index (χ3n) is 2.20. The standard InChI is InChI=1S/C9H8N2.C4H5N3/c10-8-5-7-3-1-2-4-9(7)11-6-8;5-4-6-2-1-3-7-4/h1-6H,10H2;1-3H,(H2,5,6,7). The Morgan fingerprint density at radius 2 is 1.56 bits per heavy atom. The molecule has 0 unspecified atom stereocenters. The van der Waals surface area contributed by atoms with Crippen molar-refractivity contribution in [3.05, 3.63) is 55.0 Å². The van der Waals surface area contributed by atoms with Crippen molar-refractivity contribution in [2.45, 2.75) is 0 Å². The van der Waals surface area contributed by atoms with E-state index in [0.29, 0.717) is 11.6 Å². The van der Waals surface area contributed by atoms with Crippen LogP contribution in [0.25, 0.3) is 10.9 Å². The van der Waals surface area contributed by atoms with Gasteiger partial charge in [-0.05, 0) is 18.2 Å². The Kier molecular flexibility index (Phi) is 3.66. The van der Waals surface area contributed by atoms with Gasteiger partial charge < -0.3 is 11.5 Å². The lowest BCUT2D eigenvalue weighted by atomic mass is 10.2. The van der Waals surface area contributed by atoms with Gasteiger partial charge in [-0.15, -0.1) is 0 Å². The fraction of sp³-hybridized carbons (Fsp3) is 0. The minimum absolute atomic E-state index is 0.322. The van der Waals surface area contributed by atoms with Crippen molar-refractivity contribution in [1.29, 1.82) is 0 Å². The highest BCUT2D eigenvalue weighted by Gasteiger charge is 1.91. The lowest BCUT2D eigenvalue weighted by Gasteiger charge is -1.95. The topological polar surface area (TPSA) is 90.7 Å². The molecule has 2 aromatic heterocycles. The minimum atomic E-state index is 0.322. The van der Waals surface area contributed by atoms with Crippen LogP contribution in [0, 0.1) is 0 Å². The van der Waals surface area contributed by atoms with Gasteiger partial charge in [-0.2, -0.15) is 0 Å². The molecule has 5 nitrogen and oxygen atoms in total. The van der Waals surface area contributed by atoms with Crippen LogP contribution in [-0.4, -0.2) is 15.0 Å². The maximum Gasteiger partial charge on any atom is 0.219 e. The molecule has 0 saturated carbocycles. The Labute approximate surface area is 105 Å². The summed E-state index contributed by atoms with van der Waals surface area (Å²) in [7, 11) is 0. The number of benzene rings is 1. The van der Waals surface area contributed by atoms with Crippen LogP contribution in [0.1, 0.15) is 0 Å². The molecule has 4 N–H and O–H groups in total. The second-order valence-corrected chi connectivity index (χ2v) is 3.57. The van der Waals surface area contributed by atoms with E-state index in [-0.39, 0.29) is 0 Å². The quantitative estimate of drug-likeness (QED) is 0.625. The summed E-state index contributed by atoms with van der Waals surface area (Å²) in [6.07, 6.45) is 4.87. The van der Waals surface area contributed by atoms with E-state index in [2.05, 4.69) is 15.0 Å². The Balaban J connectivity index is 0.000000149. The molecule has 0 aliphatic carbocycles. The van der Waals surface area contributed by atoms with Gasteiger partial charge in [-0.25, -0.2) is 9.97 Å². The number of hydrogen-bond acceptors (Lipinski definition) is 5. The predicted molar refractivity (Wildman–Crippen MR) is 72.6 cm³/mol. The van der Waals surface area contributed by atoms with Crippen molar-refractivity contribution < 1.29 is 0 Å². The summed E-state index contributed by atoms with van der Waals surface area (Å²) >= 11 is 0. The summed E-state index contributed by atoms with van der Waals surface area (Å²) in [6.45, 7) is 0. The van der Waals surface area contributed by atoms with Crippen LogP contribution in [0.2, 0.25) is 0 Å². The van der Waals surface area contributed by atoms with Gasteiger partial charge in [0.2, 0.25) is 5.95 Å². The molecule has 90 valence electrons. The second-order valence-electron chi connectivity index (χ2n) is 3.57. The highest BCUT2D eigenvalue weighted by molar-refractivity contribution is 5.80. The minimum Gasteiger partial charge on any atom is -0.397 e. The van der Waals surface area contributed by atoms with E-state index in [0.717, 1.165) is 10.9 Å². The van der Waals surface area contributed by atoms with Crippen LogP contribution in [0.4, 0.5) is 11.6 Å². The van der Waals surface area contributed by atoms with Gasteiger partial charge in [0.25, 0.3) is 0 Å². The summed E-state index contributed by atoms with van der Waals surface area (Å²) in [4.78, 5) is 11.4. The first-order chi connectivity index (χ1) is 8.75. The molecule has 3 rings (SSSR count). The number of para-hydroxylation sites is 1. The van der Waals surface area contributed by atoms with Crippen LogP contribution in [0.5, 0.6) is 0 Å². The predicted octanol–water partition coefficient (Wildman–Crippen LogP) is 1.88. The average molecular weight is 239 g/mol. The fourth-order valence-electron chi connectivity index (χ4n) is 1.40. The zero-order valence-corrected chi connectivity index (χ0v) is 9.69. The molecule has 3 aromatic rings. The van der Waals surface area contributed by atoms with Gasteiger partial charge in [-0.3, -0.25) is 4.98 Å². The number of nitrogens with zero attached hydrogens (tertiary/aromatic N) is 3. The molecule has 0 atom stereocenters. The van der Waals surface area contributed by atoms with E-state index in [9.17, 15) is 0 Å². The van der Waals surface area contributed by atoms with Crippen molar-refractivity contribution in [3.8, 4) is 0 Å². The monoisotopic (exact) mass is 239 g/mol. The van der Waals surface area contributed by atoms with E-state index in [1.165, 1.54) is 0 Å². The Bertz CT molecular complexity index is 624. The summed E-state index contributed by atoms with van der Waals surface area (Å²) in [6, 6.07) is 11.5. The number of rotatable bonds is 0. The van der Waals surface area contributed by atoms with Gasteiger partial charge in [0.15, 0.2) is 0 Å². The van der Waals surface area contributed by atoms with Crippen molar-refractivity contribution in [3.63, 3.8) is 0 Å². The second kappa shape index (κ2) is 5.58. The van der Waals surface area contributed by atoms with E-state index in [1.54, 1.807) is 24.7 Å². The van der Waals surface area contributed by atoms with Crippen LogP contribution in [-0.2, 0) is 0 Å². The van der Waals surface area contributed by atoms with Crippen LogP contribution in [0.3, 0.4) is 0 Å². The lowest BCUT2D eigenvalue weighted by molar-refractivity contribution is 1.19. The molecule has 0 aliphatic heterocycles. The van der Waals surface area contributed by atoms with Gasteiger partial charge in [0, 0.05) is 17.8 Å². The van der Waals surface area contributed by atoms with E-state index < -0.39 is 0 Å². The summed E-state index contributed by atoms with van der Waals surface area (Å²) in [5.41, 5.74) is 12.4. The maximum atomic E-state index is 5.56. The van der Waals surface area contributed by atoms with Gasteiger partial charge in [-0.1, -0.05) is 18.2 Å². The van der Waals surface area contributed by atoms with Crippen molar-refractivity contribution in [2.24, 2.45) is 0 Å². The van der Waals surface area contributed by atoms with Gasteiger partial charge in [0.05, 0.1) is 17.4 Å². The van der Waals surface area contributed by atoms with Crippen molar-refractivity contribution in [2.75, 3.05) is 11.5 Å². The van der Waals surface area contributed by atoms with E-state index in [4.69, 9.17) is 11.5 Å². The first-order valence-electron chi connectivity index (χ1n) is 5.38.